The van der Waals surface area contributed by atoms with Crippen LogP contribution in [0.15, 0.2) is 53.5 Å². The van der Waals surface area contributed by atoms with Crippen LogP contribution in [0.2, 0.25) is 0 Å². The first-order chi connectivity index (χ1) is 13.6. The summed E-state index contributed by atoms with van der Waals surface area (Å²) in [7, 11) is 1.58. The van der Waals surface area contributed by atoms with E-state index >= 15 is 0 Å². The van der Waals surface area contributed by atoms with E-state index in [1.807, 2.05) is 12.1 Å². The number of hydrogen-bond donors (Lipinski definition) is 1. The Hall–Kier alpha value is -4.08. The van der Waals surface area contributed by atoms with Crippen molar-refractivity contribution in [2.45, 2.75) is 6.54 Å². The van der Waals surface area contributed by atoms with Crippen molar-refractivity contribution in [2.24, 2.45) is 0 Å². The van der Waals surface area contributed by atoms with Crippen molar-refractivity contribution in [1.29, 1.82) is 0 Å². The molecule has 0 atom stereocenters. The monoisotopic (exact) mass is 378 g/mol. The fourth-order valence-electron chi connectivity index (χ4n) is 2.75. The molecule has 4 aromatic rings. The van der Waals surface area contributed by atoms with Gasteiger partial charge >= 0.3 is 5.97 Å². The zero-order valence-electron chi connectivity index (χ0n) is 14.7. The van der Waals surface area contributed by atoms with Crippen molar-refractivity contribution in [3.8, 4) is 17.1 Å². The number of aromatic carboxylic acids is 1. The van der Waals surface area contributed by atoms with Gasteiger partial charge in [0.2, 0.25) is 5.82 Å². The molecule has 28 heavy (non-hydrogen) atoms. The summed E-state index contributed by atoms with van der Waals surface area (Å²) in [5.74, 6) is -0.719. The SMILES string of the molecule is COc1ccc(Cn2nnc(-c3c(C(=O)O)nc4ccccn4c3=O)n2)cc1. The quantitative estimate of drug-likeness (QED) is 0.547. The van der Waals surface area contributed by atoms with Gasteiger partial charge in [-0.3, -0.25) is 9.20 Å². The molecule has 0 unspecified atom stereocenters. The summed E-state index contributed by atoms with van der Waals surface area (Å²) in [5, 5.41) is 21.5. The molecule has 0 saturated heterocycles. The number of tetrazole rings is 1. The molecule has 0 bridgehead atoms. The number of rotatable bonds is 5. The van der Waals surface area contributed by atoms with Crippen LogP contribution in [0.1, 0.15) is 16.1 Å². The summed E-state index contributed by atoms with van der Waals surface area (Å²) >= 11 is 0. The number of methoxy groups -OCH3 is 1. The van der Waals surface area contributed by atoms with E-state index in [0.717, 1.165) is 11.3 Å². The Labute approximate surface area is 157 Å². The Morgan fingerprint density at radius 1 is 1.18 bits per heavy atom. The van der Waals surface area contributed by atoms with Crippen LogP contribution in [0.5, 0.6) is 5.75 Å². The van der Waals surface area contributed by atoms with Gasteiger partial charge in [0.15, 0.2) is 5.69 Å². The van der Waals surface area contributed by atoms with Gasteiger partial charge < -0.3 is 9.84 Å². The lowest BCUT2D eigenvalue weighted by atomic mass is 10.2. The van der Waals surface area contributed by atoms with E-state index in [9.17, 15) is 14.7 Å². The second-order valence-corrected chi connectivity index (χ2v) is 5.87. The van der Waals surface area contributed by atoms with Crippen molar-refractivity contribution in [2.75, 3.05) is 7.11 Å². The number of aromatic nitrogens is 6. The fourth-order valence-corrected chi connectivity index (χ4v) is 2.75. The molecule has 3 heterocycles. The smallest absolute Gasteiger partial charge is 0.355 e. The molecule has 0 spiro atoms. The molecule has 0 aliphatic rings. The van der Waals surface area contributed by atoms with E-state index in [-0.39, 0.29) is 17.0 Å². The van der Waals surface area contributed by atoms with Crippen molar-refractivity contribution < 1.29 is 14.6 Å². The normalized spacial score (nSPS) is 10.9. The summed E-state index contributed by atoms with van der Waals surface area (Å²) in [5.41, 5.74) is -0.0970. The number of pyridine rings is 1. The van der Waals surface area contributed by atoms with Gasteiger partial charge in [-0.25, -0.2) is 9.78 Å². The van der Waals surface area contributed by atoms with Crippen LogP contribution in [0, 0.1) is 0 Å². The molecule has 0 radical (unpaired) electrons. The minimum Gasteiger partial charge on any atom is -0.497 e. The molecule has 0 aliphatic heterocycles. The Balaban J connectivity index is 1.76. The van der Waals surface area contributed by atoms with Crippen LogP contribution < -0.4 is 10.3 Å². The van der Waals surface area contributed by atoms with Crippen LogP contribution in [0.3, 0.4) is 0 Å². The van der Waals surface area contributed by atoms with Crippen LogP contribution in [-0.4, -0.2) is 47.8 Å². The predicted molar refractivity (Wildman–Crippen MR) is 97.3 cm³/mol. The van der Waals surface area contributed by atoms with E-state index in [1.54, 1.807) is 37.4 Å². The summed E-state index contributed by atoms with van der Waals surface area (Å²) in [6.45, 7) is 0.293. The molecule has 1 N–H and O–H groups in total. The lowest BCUT2D eigenvalue weighted by Gasteiger charge is -2.05. The van der Waals surface area contributed by atoms with E-state index in [4.69, 9.17) is 4.74 Å². The van der Waals surface area contributed by atoms with E-state index < -0.39 is 17.2 Å². The molecule has 10 heteroatoms. The predicted octanol–water partition coefficient (Wildman–Crippen LogP) is 1.10. The van der Waals surface area contributed by atoms with Gasteiger partial charge in [0.1, 0.15) is 17.0 Å². The number of carbonyl (C=O) groups is 1. The third-order valence-corrected chi connectivity index (χ3v) is 4.10. The molecule has 140 valence electrons. The first-order valence-electron chi connectivity index (χ1n) is 8.22. The van der Waals surface area contributed by atoms with Crippen LogP contribution in [0.4, 0.5) is 0 Å². The Morgan fingerprint density at radius 3 is 2.68 bits per heavy atom. The van der Waals surface area contributed by atoms with Gasteiger partial charge in [-0.1, -0.05) is 18.2 Å². The highest BCUT2D eigenvalue weighted by molar-refractivity contribution is 5.93. The molecular formula is C18H14N6O4. The van der Waals surface area contributed by atoms with E-state index in [1.165, 1.54) is 15.4 Å². The first-order valence-corrected chi connectivity index (χ1v) is 8.22. The molecule has 0 amide bonds. The standard InChI is InChI=1S/C18H14N6O4/c1-28-12-7-5-11(6-8-12)10-24-21-16(20-22-24)14-15(18(26)27)19-13-4-2-3-9-23(13)17(14)25/h2-9H,10H2,1H3,(H,26,27). The maximum absolute atomic E-state index is 12.8. The second-order valence-electron chi connectivity index (χ2n) is 5.87. The largest absolute Gasteiger partial charge is 0.497 e. The van der Waals surface area contributed by atoms with Crippen molar-refractivity contribution in [3.05, 3.63) is 70.3 Å². The van der Waals surface area contributed by atoms with Gasteiger partial charge in [0.25, 0.3) is 5.56 Å². The lowest BCUT2D eigenvalue weighted by molar-refractivity contribution is 0.0691. The highest BCUT2D eigenvalue weighted by Crippen LogP contribution is 2.16. The number of carboxylic acid groups (broad SMARTS) is 1. The van der Waals surface area contributed by atoms with Crippen LogP contribution in [-0.2, 0) is 6.54 Å². The van der Waals surface area contributed by atoms with Crippen molar-refractivity contribution in [3.63, 3.8) is 0 Å². The van der Waals surface area contributed by atoms with Crippen molar-refractivity contribution >= 4 is 11.6 Å². The average molecular weight is 378 g/mol. The molecule has 4 rings (SSSR count). The van der Waals surface area contributed by atoms with Crippen LogP contribution in [0.25, 0.3) is 17.0 Å². The summed E-state index contributed by atoms with van der Waals surface area (Å²) in [6.07, 6.45) is 1.50. The minimum atomic E-state index is -1.34. The Bertz CT molecular complexity index is 1230. The number of carboxylic acids is 1. The van der Waals surface area contributed by atoms with Gasteiger partial charge in [0.05, 0.1) is 13.7 Å². The van der Waals surface area contributed by atoms with Gasteiger partial charge in [0, 0.05) is 6.20 Å². The fraction of sp³-hybridized carbons (Fsp3) is 0.111. The Kier molecular flexibility index (Phi) is 4.28. The first kappa shape index (κ1) is 17.3. The number of ether oxygens (including phenoxy) is 1. The molecule has 0 fully saturated rings. The third kappa shape index (κ3) is 3.07. The Morgan fingerprint density at radius 2 is 1.96 bits per heavy atom. The highest BCUT2D eigenvalue weighted by atomic mass is 16.5. The summed E-state index contributed by atoms with van der Waals surface area (Å²) in [6, 6.07) is 12.1. The number of fused-ring (bicyclic) bond motifs is 1. The van der Waals surface area contributed by atoms with E-state index in [0.29, 0.717) is 6.54 Å². The zero-order valence-corrected chi connectivity index (χ0v) is 14.7. The van der Waals surface area contributed by atoms with E-state index in [2.05, 4.69) is 20.4 Å². The molecule has 3 aromatic heterocycles. The summed E-state index contributed by atoms with van der Waals surface area (Å²) in [4.78, 5) is 29.8. The second kappa shape index (κ2) is 6.91. The molecular weight excluding hydrogens is 364 g/mol. The summed E-state index contributed by atoms with van der Waals surface area (Å²) < 4.78 is 6.36. The average Bonchev–Trinajstić information content (AvgIpc) is 3.16. The maximum Gasteiger partial charge on any atom is 0.355 e. The van der Waals surface area contributed by atoms with Gasteiger partial charge in [-0.2, -0.15) is 4.80 Å². The topological polar surface area (TPSA) is 124 Å². The van der Waals surface area contributed by atoms with Gasteiger partial charge in [-0.15, -0.1) is 10.2 Å². The molecule has 0 saturated carbocycles. The maximum atomic E-state index is 12.8. The zero-order chi connectivity index (χ0) is 19.7. The number of hydrogen-bond acceptors (Lipinski definition) is 7. The number of nitrogens with zero attached hydrogens (tertiary/aromatic N) is 6. The lowest BCUT2D eigenvalue weighted by Crippen LogP contribution is -2.22. The third-order valence-electron chi connectivity index (χ3n) is 4.10. The minimum absolute atomic E-state index is 0.0957. The van der Waals surface area contributed by atoms with Crippen LogP contribution >= 0.6 is 0 Å². The van der Waals surface area contributed by atoms with Gasteiger partial charge in [-0.05, 0) is 35.0 Å². The molecule has 1 aromatic carbocycles. The highest BCUT2D eigenvalue weighted by Gasteiger charge is 2.23. The van der Waals surface area contributed by atoms with Crippen molar-refractivity contribution in [1.82, 2.24) is 29.6 Å². The molecule has 10 nitrogen and oxygen atoms in total. The molecule has 0 aliphatic carbocycles. The number of benzene rings is 1.